The van der Waals surface area contributed by atoms with Gasteiger partial charge >= 0.3 is 6.09 Å². The molecule has 108 valence electrons. The average molecular weight is 298 g/mol. The Morgan fingerprint density at radius 1 is 1.55 bits per heavy atom. The molecule has 1 aliphatic rings. The van der Waals surface area contributed by atoms with Crippen LogP contribution in [0.1, 0.15) is 6.92 Å². The number of carboxylic acid groups (broad SMARTS) is 1. The van der Waals surface area contributed by atoms with Crippen LogP contribution in [0, 0.1) is 0 Å². The quantitative estimate of drug-likeness (QED) is 0.615. The first kappa shape index (κ1) is 14.4. The van der Waals surface area contributed by atoms with Crippen LogP contribution < -0.4 is 15.4 Å². The van der Waals surface area contributed by atoms with Crippen molar-refractivity contribution in [2.45, 2.75) is 13.0 Å². The van der Waals surface area contributed by atoms with Crippen LogP contribution in [0.3, 0.4) is 0 Å². The Morgan fingerprint density at radius 2 is 2.25 bits per heavy atom. The van der Waals surface area contributed by atoms with E-state index in [-0.39, 0.29) is 6.54 Å². The Morgan fingerprint density at radius 3 is 2.85 bits per heavy atom. The van der Waals surface area contributed by atoms with Crippen molar-refractivity contribution in [1.82, 2.24) is 9.99 Å². The average Bonchev–Trinajstić information content (AvgIpc) is 2.43. The molecule has 2 N–H and O–H groups in total. The highest BCUT2D eigenvalue weighted by Crippen LogP contribution is 2.35. The van der Waals surface area contributed by atoms with Gasteiger partial charge in [0.25, 0.3) is 5.91 Å². The summed E-state index contributed by atoms with van der Waals surface area (Å²) in [7, 11) is -2.50. The van der Waals surface area contributed by atoms with Gasteiger partial charge in [-0.15, -0.1) is 0 Å². The number of nitrogens with one attached hydrogen (secondary N) is 1. The summed E-state index contributed by atoms with van der Waals surface area (Å²) in [6, 6.07) is 6.02. The van der Waals surface area contributed by atoms with Gasteiger partial charge in [-0.2, -0.15) is 0 Å². The number of hydrogen-bond donors (Lipinski definition) is 2. The maximum absolute atomic E-state index is 12.4. The van der Waals surface area contributed by atoms with Crippen molar-refractivity contribution in [3.63, 3.8) is 0 Å². The Labute approximate surface area is 116 Å². The number of rotatable bonds is 5. The Balaban J connectivity index is 2.10. The predicted octanol–water partition coefficient (Wildman–Crippen LogP) is 0.664. The summed E-state index contributed by atoms with van der Waals surface area (Å²) in [5, 5.41) is 11.1. The third-order valence-electron chi connectivity index (χ3n) is 2.89. The second-order valence-electron chi connectivity index (χ2n) is 4.19. The molecule has 2 rings (SSSR count). The highest BCUT2D eigenvalue weighted by atomic mass is 31.1. The van der Waals surface area contributed by atoms with Crippen LogP contribution in [0.25, 0.3) is 0 Å². The maximum atomic E-state index is 12.4. The van der Waals surface area contributed by atoms with Crippen LogP contribution in [0.4, 0.5) is 4.79 Å². The highest BCUT2D eigenvalue weighted by molar-refractivity contribution is 7.52. The molecule has 20 heavy (non-hydrogen) atoms. The predicted molar refractivity (Wildman–Crippen MR) is 72.9 cm³/mol. The van der Waals surface area contributed by atoms with Crippen molar-refractivity contribution in [3.05, 3.63) is 24.3 Å². The van der Waals surface area contributed by atoms with Crippen molar-refractivity contribution in [1.29, 1.82) is 0 Å². The Hall–Kier alpha value is -2.01. The summed E-state index contributed by atoms with van der Waals surface area (Å²) >= 11 is 0. The summed E-state index contributed by atoms with van der Waals surface area (Å²) < 4.78 is 19.0. The molecular weight excluding hydrogens is 283 g/mol. The van der Waals surface area contributed by atoms with Crippen LogP contribution >= 0.6 is 7.95 Å². The van der Waals surface area contributed by atoms with Gasteiger partial charge in [0.2, 0.25) is 0 Å². The molecule has 0 bridgehead atoms. The fraction of sp³-hybridized carbons (Fsp3) is 0.333. The molecule has 0 saturated carbocycles. The van der Waals surface area contributed by atoms with Crippen LogP contribution in [0.5, 0.6) is 5.75 Å². The van der Waals surface area contributed by atoms with E-state index < -0.39 is 26.0 Å². The zero-order valence-corrected chi connectivity index (χ0v) is 11.8. The standard InChI is InChI=1S/C12H15N2O5P/c1-2-19-9-5-3-4-6-10(9)20(18)14-7-8(11(14)15)13-12(16)17/h3-6,8,13,20H,2,7H2,1H3,(H,16,17). The maximum Gasteiger partial charge on any atom is 0.405 e. The molecule has 8 heteroatoms. The molecule has 0 radical (unpaired) electrons. The molecule has 0 aliphatic carbocycles. The van der Waals surface area contributed by atoms with Gasteiger partial charge in [-0.05, 0) is 19.1 Å². The molecule has 2 atom stereocenters. The van der Waals surface area contributed by atoms with Gasteiger partial charge in [0.05, 0.1) is 18.5 Å². The molecule has 1 aromatic carbocycles. The van der Waals surface area contributed by atoms with Crippen molar-refractivity contribution >= 4 is 25.3 Å². The lowest BCUT2D eigenvalue weighted by Crippen LogP contribution is -2.61. The summed E-state index contributed by atoms with van der Waals surface area (Å²) in [6.07, 6.45) is -1.27. The van der Waals surface area contributed by atoms with Crippen LogP contribution in [-0.4, -0.2) is 41.0 Å². The van der Waals surface area contributed by atoms with Crippen molar-refractivity contribution in [2.75, 3.05) is 13.2 Å². The lowest BCUT2D eigenvalue weighted by molar-refractivity contribution is -0.136. The van der Waals surface area contributed by atoms with E-state index in [0.29, 0.717) is 17.7 Å². The summed E-state index contributed by atoms with van der Waals surface area (Å²) in [6.45, 7) is 2.36. The number of hydrogen-bond acceptors (Lipinski definition) is 4. The number of carbonyl (C=O) groups excluding carboxylic acids is 1. The van der Waals surface area contributed by atoms with E-state index >= 15 is 0 Å². The molecule has 2 amide bonds. The largest absolute Gasteiger partial charge is 0.493 e. The first-order valence-electron chi connectivity index (χ1n) is 6.11. The Kier molecular flexibility index (Phi) is 4.29. The molecule has 0 aromatic heterocycles. The number of ether oxygens (including phenoxy) is 1. The number of para-hydroxylation sites is 1. The van der Waals surface area contributed by atoms with Gasteiger partial charge in [-0.25, -0.2) is 4.79 Å². The van der Waals surface area contributed by atoms with Crippen molar-refractivity contribution < 1.29 is 24.0 Å². The summed E-state index contributed by atoms with van der Waals surface area (Å²) in [4.78, 5) is 22.2. The second-order valence-corrected chi connectivity index (χ2v) is 5.87. The number of amides is 2. The molecule has 1 fully saturated rings. The second kappa shape index (κ2) is 5.96. The lowest BCUT2D eigenvalue weighted by Gasteiger charge is -2.37. The van der Waals surface area contributed by atoms with Crippen LogP contribution in [-0.2, 0) is 9.36 Å². The molecule has 0 spiro atoms. The monoisotopic (exact) mass is 298 g/mol. The van der Waals surface area contributed by atoms with E-state index in [1.807, 2.05) is 6.92 Å². The molecule has 1 heterocycles. The minimum Gasteiger partial charge on any atom is -0.493 e. The van der Waals surface area contributed by atoms with Crippen molar-refractivity contribution in [2.24, 2.45) is 0 Å². The fourth-order valence-electron chi connectivity index (χ4n) is 1.94. The first-order chi connectivity index (χ1) is 9.54. The van der Waals surface area contributed by atoms with E-state index in [1.54, 1.807) is 24.3 Å². The molecular formula is C12H15N2O5P. The topological polar surface area (TPSA) is 95.9 Å². The van der Waals surface area contributed by atoms with Gasteiger partial charge in [0, 0.05) is 0 Å². The number of β-lactam (4-membered cyclic amide) rings is 1. The molecule has 1 aromatic rings. The van der Waals surface area contributed by atoms with Gasteiger partial charge in [0.15, 0.2) is 7.95 Å². The number of benzene rings is 1. The molecule has 1 saturated heterocycles. The van der Waals surface area contributed by atoms with Crippen LogP contribution in [0.15, 0.2) is 24.3 Å². The first-order valence-corrected chi connectivity index (χ1v) is 7.47. The number of nitrogens with zero attached hydrogens (tertiary/aromatic N) is 1. The lowest BCUT2D eigenvalue weighted by atomic mass is 10.2. The highest BCUT2D eigenvalue weighted by Gasteiger charge is 2.41. The van der Waals surface area contributed by atoms with Gasteiger partial charge in [-0.1, -0.05) is 12.1 Å². The minimum absolute atomic E-state index is 0.114. The normalized spacial score (nSPS) is 19.1. The SMILES string of the molecule is CCOc1ccccc1[PH](=O)N1CC(NC(=O)O)C1=O. The Bertz CT molecular complexity index is 563. The van der Waals surface area contributed by atoms with E-state index in [1.165, 1.54) is 4.67 Å². The fourth-order valence-corrected chi connectivity index (χ4v) is 3.54. The molecule has 1 aliphatic heterocycles. The van der Waals surface area contributed by atoms with Crippen molar-refractivity contribution in [3.8, 4) is 5.75 Å². The smallest absolute Gasteiger partial charge is 0.405 e. The van der Waals surface area contributed by atoms with E-state index in [2.05, 4.69) is 5.32 Å². The minimum atomic E-state index is -2.50. The van der Waals surface area contributed by atoms with Gasteiger partial charge < -0.3 is 15.2 Å². The van der Waals surface area contributed by atoms with Gasteiger partial charge in [-0.3, -0.25) is 14.0 Å². The van der Waals surface area contributed by atoms with E-state index in [0.717, 1.165) is 0 Å². The zero-order chi connectivity index (χ0) is 14.7. The summed E-state index contributed by atoms with van der Waals surface area (Å²) in [5.41, 5.74) is 0. The third kappa shape index (κ3) is 2.77. The zero-order valence-electron chi connectivity index (χ0n) is 10.8. The molecule has 7 nitrogen and oxygen atoms in total. The number of carbonyl (C=O) groups is 2. The third-order valence-corrected chi connectivity index (χ3v) is 4.66. The van der Waals surface area contributed by atoms with E-state index in [9.17, 15) is 14.2 Å². The summed E-state index contributed by atoms with van der Waals surface area (Å²) in [5.74, 6) is 0.0175. The molecule has 2 unspecified atom stereocenters. The van der Waals surface area contributed by atoms with Gasteiger partial charge in [0.1, 0.15) is 11.8 Å². The van der Waals surface area contributed by atoms with E-state index in [4.69, 9.17) is 9.84 Å². The van der Waals surface area contributed by atoms with Crippen LogP contribution in [0.2, 0.25) is 0 Å².